The van der Waals surface area contributed by atoms with Gasteiger partial charge in [0.05, 0.1) is 23.0 Å². The van der Waals surface area contributed by atoms with Gasteiger partial charge in [0.15, 0.2) is 17.0 Å². The molecule has 4 aromatic rings. The predicted octanol–water partition coefficient (Wildman–Crippen LogP) is 1.46. The molecule has 2 aromatic carbocycles. The first-order valence-corrected chi connectivity index (χ1v) is 12.9. The summed E-state index contributed by atoms with van der Waals surface area (Å²) >= 11 is 0. The van der Waals surface area contributed by atoms with Gasteiger partial charge in [-0.05, 0) is 55.5 Å². The number of rotatable bonds is 12. The number of aryl methyl sites for hydroxylation is 2. The van der Waals surface area contributed by atoms with Gasteiger partial charge >= 0.3 is 11.9 Å². The molecule has 42 heavy (non-hydrogen) atoms. The molecule has 0 radical (unpaired) electrons. The normalized spacial score (nSPS) is 11.5. The maximum absolute atomic E-state index is 12.7. The van der Waals surface area contributed by atoms with Gasteiger partial charge in [0, 0.05) is 12.1 Å². The smallest absolute Gasteiger partial charge is 0.336 e. The minimum Gasteiger partial charge on any atom is -0.480 e. The van der Waals surface area contributed by atoms with Crippen molar-refractivity contribution in [2.45, 2.75) is 31.7 Å². The van der Waals surface area contributed by atoms with Crippen LogP contribution in [0.1, 0.15) is 55.2 Å². The fourth-order valence-electron chi connectivity index (χ4n) is 4.17. The number of hydrogen-bond acceptors (Lipinski definition) is 10. The molecule has 2 aromatic heterocycles. The second-order valence-corrected chi connectivity index (χ2v) is 9.31. The van der Waals surface area contributed by atoms with Crippen LogP contribution in [0, 0.1) is 0 Å². The molecule has 0 aliphatic carbocycles. The fraction of sp³-hybridized carbons (Fsp3) is 0.214. The van der Waals surface area contributed by atoms with Crippen LogP contribution in [0.2, 0.25) is 0 Å². The Morgan fingerprint density at radius 2 is 1.57 bits per heavy atom. The second kappa shape index (κ2) is 13.1. The van der Waals surface area contributed by atoms with E-state index >= 15 is 0 Å². The average Bonchev–Trinajstić information content (AvgIpc) is 2.97. The number of aromatic nitrogens is 4. The lowest BCUT2D eigenvalue weighted by atomic mass is 10.0. The quantitative estimate of drug-likeness (QED) is 0.132. The number of anilines is 2. The van der Waals surface area contributed by atoms with Crippen molar-refractivity contribution < 1.29 is 29.4 Å². The summed E-state index contributed by atoms with van der Waals surface area (Å²) in [7, 11) is 0. The molecule has 0 spiro atoms. The highest BCUT2D eigenvalue weighted by atomic mass is 16.4. The van der Waals surface area contributed by atoms with Crippen molar-refractivity contribution in [2.24, 2.45) is 0 Å². The second-order valence-electron chi connectivity index (χ2n) is 9.31. The van der Waals surface area contributed by atoms with Crippen LogP contribution in [0.4, 0.5) is 11.8 Å². The van der Waals surface area contributed by atoms with E-state index in [4.69, 9.17) is 11.5 Å². The Labute approximate surface area is 239 Å². The number of nitrogens with one attached hydrogen (secondary N) is 2. The van der Waals surface area contributed by atoms with Crippen LogP contribution >= 0.6 is 0 Å². The summed E-state index contributed by atoms with van der Waals surface area (Å²) < 4.78 is 0. The third kappa shape index (κ3) is 7.29. The standard InChI is InChI=1S/C28H28N8O6/c29-22-21-23(36-28(30)35-22)32-14-17(33-21)12-9-15-7-10-16(11-8-15)24(37)34-20(27(41)42)6-3-13-31-25(38)18-4-1-2-5-19(18)26(39)40/h1-2,4-5,7-8,10-11,14,20H,3,6,9,12-13H2,(H,31,38)(H,34,37)(H,39,40)(H,41,42)(H4,29,30,32,35,36). The number of aromatic carboxylic acids is 1. The third-order valence-corrected chi connectivity index (χ3v) is 6.35. The maximum Gasteiger partial charge on any atom is 0.336 e. The average molecular weight is 573 g/mol. The van der Waals surface area contributed by atoms with Crippen LogP contribution in [0.5, 0.6) is 0 Å². The highest BCUT2D eigenvalue weighted by Crippen LogP contribution is 2.16. The largest absolute Gasteiger partial charge is 0.480 e. The van der Waals surface area contributed by atoms with Gasteiger partial charge in [-0.3, -0.25) is 9.59 Å². The van der Waals surface area contributed by atoms with Gasteiger partial charge < -0.3 is 32.3 Å². The zero-order valence-corrected chi connectivity index (χ0v) is 22.3. The topological polar surface area (TPSA) is 236 Å². The van der Waals surface area contributed by atoms with E-state index in [1.165, 1.54) is 18.2 Å². The number of benzene rings is 2. The number of aliphatic carboxylic acids is 1. The minimum atomic E-state index is -1.23. The predicted molar refractivity (Wildman–Crippen MR) is 152 cm³/mol. The van der Waals surface area contributed by atoms with Crippen LogP contribution in [-0.4, -0.2) is 66.5 Å². The summed E-state index contributed by atoms with van der Waals surface area (Å²) in [6.07, 6.45) is 3.01. The van der Waals surface area contributed by atoms with Gasteiger partial charge in [-0.25, -0.2) is 19.6 Å². The van der Waals surface area contributed by atoms with Crippen molar-refractivity contribution in [3.8, 4) is 0 Å². The molecule has 0 aliphatic heterocycles. The first-order valence-electron chi connectivity index (χ1n) is 12.9. The summed E-state index contributed by atoms with van der Waals surface area (Å²) in [6.45, 7) is 0.0936. The van der Waals surface area contributed by atoms with E-state index in [0.717, 1.165) is 5.56 Å². The van der Waals surface area contributed by atoms with Gasteiger partial charge in [-0.2, -0.15) is 9.97 Å². The third-order valence-electron chi connectivity index (χ3n) is 6.35. The number of hydrogen-bond donors (Lipinski definition) is 6. The number of carboxylic acids is 2. The number of carbonyl (C=O) groups excluding carboxylic acids is 2. The molecule has 0 saturated carbocycles. The molecule has 216 valence electrons. The van der Waals surface area contributed by atoms with Gasteiger partial charge in [-0.15, -0.1) is 0 Å². The van der Waals surface area contributed by atoms with E-state index in [-0.39, 0.29) is 47.8 Å². The fourth-order valence-corrected chi connectivity index (χ4v) is 4.17. The molecular weight excluding hydrogens is 544 g/mol. The Balaban J connectivity index is 1.27. The molecule has 2 heterocycles. The number of nitrogens with zero attached hydrogens (tertiary/aromatic N) is 4. The Hall–Kier alpha value is -5.66. The van der Waals surface area contributed by atoms with Crippen LogP contribution < -0.4 is 22.1 Å². The molecule has 0 saturated heterocycles. The van der Waals surface area contributed by atoms with E-state index in [1.807, 2.05) is 0 Å². The molecular formula is C28H28N8O6. The molecule has 0 bridgehead atoms. The summed E-state index contributed by atoms with van der Waals surface area (Å²) in [5.41, 5.74) is 13.9. The first kappa shape index (κ1) is 29.3. The highest BCUT2D eigenvalue weighted by Gasteiger charge is 2.21. The molecule has 2 amide bonds. The van der Waals surface area contributed by atoms with Crippen molar-refractivity contribution in [1.82, 2.24) is 30.6 Å². The van der Waals surface area contributed by atoms with E-state index < -0.39 is 29.8 Å². The minimum absolute atomic E-state index is 0.00614. The number of carbonyl (C=O) groups is 4. The van der Waals surface area contributed by atoms with Gasteiger partial charge in [-0.1, -0.05) is 24.3 Å². The van der Waals surface area contributed by atoms with Crippen LogP contribution in [0.15, 0.2) is 54.7 Å². The molecule has 1 atom stereocenters. The van der Waals surface area contributed by atoms with Crippen molar-refractivity contribution in [1.29, 1.82) is 0 Å². The van der Waals surface area contributed by atoms with E-state index in [9.17, 15) is 29.4 Å². The summed E-state index contributed by atoms with van der Waals surface area (Å²) in [6, 6.07) is 11.3. The molecule has 8 N–H and O–H groups in total. The lowest BCUT2D eigenvalue weighted by molar-refractivity contribution is -0.139. The van der Waals surface area contributed by atoms with Gasteiger partial charge in [0.1, 0.15) is 6.04 Å². The van der Waals surface area contributed by atoms with Crippen molar-refractivity contribution in [2.75, 3.05) is 18.0 Å². The molecule has 0 aliphatic rings. The van der Waals surface area contributed by atoms with Gasteiger partial charge in [0.2, 0.25) is 5.95 Å². The molecule has 4 rings (SSSR count). The van der Waals surface area contributed by atoms with Crippen LogP contribution in [0.25, 0.3) is 11.2 Å². The number of nitrogens with two attached hydrogens (primary N) is 2. The summed E-state index contributed by atoms with van der Waals surface area (Å²) in [5.74, 6) is -3.41. The maximum atomic E-state index is 12.7. The number of amides is 2. The molecule has 14 heteroatoms. The first-order chi connectivity index (χ1) is 20.1. The zero-order valence-electron chi connectivity index (χ0n) is 22.3. The SMILES string of the molecule is Nc1nc(N)c2nc(CCc3ccc(C(=O)NC(CCCNC(=O)c4ccccc4C(=O)O)C(=O)O)cc3)cnc2n1. The van der Waals surface area contributed by atoms with Gasteiger partial charge in [0.25, 0.3) is 11.8 Å². The number of nitrogen functional groups attached to an aromatic ring is 2. The molecule has 14 nitrogen and oxygen atoms in total. The van der Waals surface area contributed by atoms with E-state index in [0.29, 0.717) is 29.7 Å². The Morgan fingerprint density at radius 3 is 2.26 bits per heavy atom. The Bertz CT molecular complexity index is 1640. The monoisotopic (exact) mass is 572 g/mol. The van der Waals surface area contributed by atoms with Crippen molar-refractivity contribution in [3.63, 3.8) is 0 Å². The molecule has 0 fully saturated rings. The van der Waals surface area contributed by atoms with Crippen LogP contribution in [-0.2, 0) is 17.6 Å². The Morgan fingerprint density at radius 1 is 0.857 bits per heavy atom. The van der Waals surface area contributed by atoms with E-state index in [2.05, 4.69) is 30.6 Å². The lowest BCUT2D eigenvalue weighted by Gasteiger charge is -2.15. The van der Waals surface area contributed by atoms with Crippen molar-refractivity contribution >= 4 is 46.7 Å². The zero-order chi connectivity index (χ0) is 30.2. The van der Waals surface area contributed by atoms with E-state index in [1.54, 1.807) is 36.5 Å². The van der Waals surface area contributed by atoms with Crippen molar-refractivity contribution in [3.05, 3.63) is 82.7 Å². The molecule has 1 unspecified atom stereocenters. The summed E-state index contributed by atoms with van der Waals surface area (Å²) in [5, 5.41) is 23.9. The summed E-state index contributed by atoms with van der Waals surface area (Å²) in [4.78, 5) is 64.7. The van der Waals surface area contributed by atoms with Crippen LogP contribution in [0.3, 0.4) is 0 Å². The number of carboxylic acid groups (broad SMARTS) is 2. The number of fused-ring (bicyclic) bond motifs is 1. The highest BCUT2D eigenvalue weighted by molar-refractivity contribution is 6.04. The lowest BCUT2D eigenvalue weighted by Crippen LogP contribution is -2.41. The Kier molecular flexibility index (Phi) is 9.17.